The molecule has 1 unspecified atom stereocenters. The van der Waals surface area contributed by atoms with E-state index in [9.17, 15) is 9.59 Å². The van der Waals surface area contributed by atoms with Gasteiger partial charge in [0, 0.05) is 12.1 Å². The van der Waals surface area contributed by atoms with Gasteiger partial charge in [0.05, 0.1) is 25.7 Å². The molecular weight excluding hydrogens is 391 g/mol. The van der Waals surface area contributed by atoms with E-state index in [1.807, 2.05) is 57.1 Å². The van der Waals surface area contributed by atoms with Crippen LogP contribution in [-0.2, 0) is 9.59 Å². The van der Waals surface area contributed by atoms with Crippen molar-refractivity contribution in [1.29, 1.82) is 0 Å². The van der Waals surface area contributed by atoms with Crippen LogP contribution >= 0.6 is 24.8 Å². The molecule has 7 nitrogen and oxygen atoms in total. The van der Waals surface area contributed by atoms with E-state index in [4.69, 9.17) is 10.5 Å². The lowest BCUT2D eigenvalue weighted by atomic mass is 10.0. The van der Waals surface area contributed by atoms with Gasteiger partial charge in [-0.05, 0) is 26.1 Å². The molecule has 0 fully saturated rings. The van der Waals surface area contributed by atoms with Crippen molar-refractivity contribution in [2.45, 2.75) is 25.9 Å². The van der Waals surface area contributed by atoms with Gasteiger partial charge in [0.15, 0.2) is 0 Å². The Morgan fingerprint density at radius 1 is 1.15 bits per heavy atom. The summed E-state index contributed by atoms with van der Waals surface area (Å²) in [4.78, 5) is 25.8. The first-order valence-electron chi connectivity index (χ1n) is 8.37. The summed E-state index contributed by atoms with van der Waals surface area (Å²) in [5.74, 6) is 0.212. The van der Waals surface area contributed by atoms with E-state index in [2.05, 4.69) is 10.6 Å². The van der Waals surface area contributed by atoms with E-state index in [1.54, 1.807) is 7.11 Å². The summed E-state index contributed by atoms with van der Waals surface area (Å²) in [5, 5.41) is 5.41. The Kier molecular flexibility index (Phi) is 13.9. The molecule has 27 heavy (non-hydrogen) atoms. The fourth-order valence-electron chi connectivity index (χ4n) is 2.37. The SMILES string of the molecule is COc1ccccc1C(CNC(=O)CNC(=O)[C@@H](N)C(C)C)N(C)C.Cl.Cl. The molecule has 0 radical (unpaired) electrons. The number of carbonyl (C=O) groups is 2. The highest BCUT2D eigenvalue weighted by Gasteiger charge is 2.20. The predicted octanol–water partition coefficient (Wildman–Crippen LogP) is 1.36. The number of hydrogen-bond donors (Lipinski definition) is 3. The van der Waals surface area contributed by atoms with Gasteiger partial charge in [0.2, 0.25) is 11.8 Å². The highest BCUT2D eigenvalue weighted by atomic mass is 35.5. The van der Waals surface area contributed by atoms with Crippen LogP contribution in [0.4, 0.5) is 0 Å². The van der Waals surface area contributed by atoms with Crippen molar-refractivity contribution >= 4 is 36.6 Å². The molecule has 0 aliphatic heterocycles. The number of carbonyl (C=O) groups excluding carboxylic acids is 2. The van der Waals surface area contributed by atoms with E-state index in [1.165, 1.54) is 0 Å². The molecule has 0 saturated carbocycles. The monoisotopic (exact) mass is 422 g/mol. The summed E-state index contributed by atoms with van der Waals surface area (Å²) in [6.07, 6.45) is 0. The van der Waals surface area contributed by atoms with Gasteiger partial charge in [-0.2, -0.15) is 0 Å². The first-order chi connectivity index (χ1) is 11.8. The highest BCUT2D eigenvalue weighted by molar-refractivity contribution is 5.87. The minimum absolute atomic E-state index is 0. The first-order valence-corrected chi connectivity index (χ1v) is 8.37. The Hall–Kier alpha value is -1.54. The lowest BCUT2D eigenvalue weighted by molar-refractivity contribution is -0.127. The maximum atomic E-state index is 12.0. The number of nitrogens with two attached hydrogens (primary N) is 1. The third-order valence-electron chi connectivity index (χ3n) is 4.06. The number of nitrogens with zero attached hydrogens (tertiary/aromatic N) is 1. The third kappa shape index (κ3) is 8.79. The average Bonchev–Trinajstić information content (AvgIpc) is 2.59. The van der Waals surface area contributed by atoms with Crippen LogP contribution in [0.1, 0.15) is 25.5 Å². The molecule has 0 heterocycles. The Bertz CT molecular complexity index is 585. The van der Waals surface area contributed by atoms with Crippen molar-refractivity contribution in [2.24, 2.45) is 11.7 Å². The van der Waals surface area contributed by atoms with Gasteiger partial charge in [-0.15, -0.1) is 24.8 Å². The maximum Gasteiger partial charge on any atom is 0.239 e. The number of likely N-dealkylation sites (N-methyl/N-ethyl adjacent to an activating group) is 1. The Balaban J connectivity index is 0. The summed E-state index contributed by atoms with van der Waals surface area (Å²) in [5.41, 5.74) is 6.74. The molecule has 156 valence electrons. The van der Waals surface area contributed by atoms with Gasteiger partial charge in [-0.3, -0.25) is 9.59 Å². The molecule has 9 heteroatoms. The zero-order valence-corrected chi connectivity index (χ0v) is 18.2. The minimum Gasteiger partial charge on any atom is -0.496 e. The second-order valence-corrected chi connectivity index (χ2v) is 6.51. The van der Waals surface area contributed by atoms with E-state index in [0.717, 1.165) is 11.3 Å². The molecule has 1 aromatic rings. The number of ether oxygens (including phenoxy) is 1. The number of hydrogen-bond acceptors (Lipinski definition) is 5. The number of halogens is 2. The Morgan fingerprint density at radius 2 is 1.74 bits per heavy atom. The van der Waals surface area contributed by atoms with Crippen LogP contribution in [0, 0.1) is 5.92 Å². The lowest BCUT2D eigenvalue weighted by Gasteiger charge is -2.26. The first kappa shape index (κ1) is 27.7. The molecule has 1 rings (SSSR count). The maximum absolute atomic E-state index is 12.0. The van der Waals surface area contributed by atoms with Crippen LogP contribution in [0.3, 0.4) is 0 Å². The highest BCUT2D eigenvalue weighted by Crippen LogP contribution is 2.27. The van der Waals surface area contributed by atoms with Crippen molar-refractivity contribution in [2.75, 3.05) is 34.3 Å². The average molecular weight is 423 g/mol. The standard InChI is InChI=1S/C18H30N4O3.2ClH/c1-12(2)17(19)18(24)21-11-16(23)20-10-14(22(3)4)13-8-6-7-9-15(13)25-5;;/h6-9,12,14,17H,10-11,19H2,1-5H3,(H,20,23)(H,21,24);2*1H/t14?,17-;;/m0../s1. The van der Waals surface area contributed by atoms with E-state index in [0.29, 0.717) is 6.54 Å². The van der Waals surface area contributed by atoms with Gasteiger partial charge >= 0.3 is 0 Å². The molecule has 0 spiro atoms. The fraction of sp³-hybridized carbons (Fsp3) is 0.556. The smallest absolute Gasteiger partial charge is 0.239 e. The third-order valence-corrected chi connectivity index (χ3v) is 4.06. The fourth-order valence-corrected chi connectivity index (χ4v) is 2.37. The molecule has 2 amide bonds. The quantitative estimate of drug-likeness (QED) is 0.557. The van der Waals surface area contributed by atoms with Crippen molar-refractivity contribution in [1.82, 2.24) is 15.5 Å². The molecule has 4 N–H and O–H groups in total. The van der Waals surface area contributed by atoms with E-state index in [-0.39, 0.29) is 55.1 Å². The number of rotatable bonds is 9. The van der Waals surface area contributed by atoms with Gasteiger partial charge in [-0.1, -0.05) is 32.0 Å². The van der Waals surface area contributed by atoms with Crippen molar-refractivity contribution in [3.63, 3.8) is 0 Å². The second kappa shape index (κ2) is 13.6. The molecule has 0 bridgehead atoms. The number of nitrogens with one attached hydrogen (secondary N) is 2. The normalized spacial score (nSPS) is 12.4. The molecule has 2 atom stereocenters. The van der Waals surface area contributed by atoms with Gasteiger partial charge in [0.1, 0.15) is 5.75 Å². The van der Waals surface area contributed by atoms with E-state index < -0.39 is 6.04 Å². The molecule has 0 aromatic heterocycles. The van der Waals surface area contributed by atoms with Crippen molar-refractivity contribution < 1.29 is 14.3 Å². The van der Waals surface area contributed by atoms with Crippen molar-refractivity contribution in [3.05, 3.63) is 29.8 Å². The van der Waals surface area contributed by atoms with Gasteiger partial charge in [0.25, 0.3) is 0 Å². The van der Waals surface area contributed by atoms with Crippen LogP contribution in [0.25, 0.3) is 0 Å². The predicted molar refractivity (Wildman–Crippen MR) is 113 cm³/mol. The Labute approximate surface area is 174 Å². The lowest BCUT2D eigenvalue weighted by Crippen LogP contribution is -2.47. The minimum atomic E-state index is -0.615. The number of methoxy groups -OCH3 is 1. The summed E-state index contributed by atoms with van der Waals surface area (Å²) in [6, 6.07) is 7.04. The molecule has 0 saturated heterocycles. The molecule has 1 aromatic carbocycles. The summed E-state index contributed by atoms with van der Waals surface area (Å²) >= 11 is 0. The summed E-state index contributed by atoms with van der Waals surface area (Å²) < 4.78 is 5.40. The molecular formula is C18H32Cl2N4O3. The van der Waals surface area contributed by atoms with Gasteiger partial charge < -0.3 is 26.0 Å². The van der Waals surface area contributed by atoms with Gasteiger partial charge in [-0.25, -0.2) is 0 Å². The Morgan fingerprint density at radius 3 is 2.26 bits per heavy atom. The van der Waals surface area contributed by atoms with Crippen LogP contribution in [-0.4, -0.2) is 57.1 Å². The topological polar surface area (TPSA) is 96.7 Å². The molecule has 0 aliphatic carbocycles. The van der Waals surface area contributed by atoms with Crippen LogP contribution in [0.2, 0.25) is 0 Å². The van der Waals surface area contributed by atoms with Crippen LogP contribution < -0.4 is 21.1 Å². The van der Waals surface area contributed by atoms with Crippen LogP contribution in [0.5, 0.6) is 5.75 Å². The number of amides is 2. The largest absolute Gasteiger partial charge is 0.496 e. The van der Waals surface area contributed by atoms with E-state index >= 15 is 0 Å². The zero-order chi connectivity index (χ0) is 19.0. The molecule has 0 aliphatic rings. The summed E-state index contributed by atoms with van der Waals surface area (Å²) in [7, 11) is 5.50. The number of para-hydroxylation sites is 1. The van der Waals surface area contributed by atoms with Crippen LogP contribution in [0.15, 0.2) is 24.3 Å². The number of benzene rings is 1. The zero-order valence-electron chi connectivity index (χ0n) is 16.5. The second-order valence-electron chi connectivity index (χ2n) is 6.51. The summed E-state index contributed by atoms with van der Waals surface area (Å²) in [6.45, 7) is 4.03. The van der Waals surface area contributed by atoms with Crippen molar-refractivity contribution in [3.8, 4) is 5.75 Å².